The largest absolute Gasteiger partial charge is 0.352 e. The Bertz CT molecular complexity index is 597. The Morgan fingerprint density at radius 3 is 2.89 bits per heavy atom. The van der Waals surface area contributed by atoms with Crippen LogP contribution in [-0.4, -0.2) is 22.2 Å². The van der Waals surface area contributed by atoms with Crippen molar-refractivity contribution >= 4 is 33.4 Å². The van der Waals surface area contributed by atoms with Crippen molar-refractivity contribution in [3.63, 3.8) is 0 Å². The number of hydrogen-bond acceptors (Lipinski definition) is 2. The SMILES string of the molecule is Cn1ccc(CCNC(=O)c2ccc(Cl)cc2Br)n1. The molecule has 0 atom stereocenters. The smallest absolute Gasteiger partial charge is 0.252 e. The molecule has 0 bridgehead atoms. The Morgan fingerprint density at radius 2 is 2.26 bits per heavy atom. The van der Waals surface area contributed by atoms with E-state index in [1.807, 2.05) is 19.3 Å². The van der Waals surface area contributed by atoms with Crippen molar-refractivity contribution in [1.82, 2.24) is 15.1 Å². The summed E-state index contributed by atoms with van der Waals surface area (Å²) >= 11 is 9.16. The number of rotatable bonds is 4. The molecule has 0 aliphatic carbocycles. The van der Waals surface area contributed by atoms with E-state index in [0.717, 1.165) is 5.69 Å². The third-order valence-corrected chi connectivity index (χ3v) is 3.50. The molecule has 1 aromatic carbocycles. The molecule has 1 amide bonds. The molecular weight excluding hydrogens is 330 g/mol. The third-order valence-electron chi connectivity index (χ3n) is 2.61. The maximum absolute atomic E-state index is 12.0. The normalized spacial score (nSPS) is 10.5. The van der Waals surface area contributed by atoms with Gasteiger partial charge in [-0.2, -0.15) is 5.10 Å². The van der Waals surface area contributed by atoms with Gasteiger partial charge in [0.25, 0.3) is 5.91 Å². The number of carbonyl (C=O) groups excluding carboxylic acids is 1. The highest BCUT2D eigenvalue weighted by Crippen LogP contribution is 2.21. The monoisotopic (exact) mass is 341 g/mol. The quantitative estimate of drug-likeness (QED) is 0.929. The standard InChI is InChI=1S/C13H13BrClN3O/c1-18-7-5-10(17-18)4-6-16-13(19)11-3-2-9(15)8-12(11)14/h2-3,5,7-8H,4,6H2,1H3,(H,16,19). The highest BCUT2D eigenvalue weighted by atomic mass is 79.9. The molecule has 2 aromatic rings. The van der Waals surface area contributed by atoms with Crippen molar-refractivity contribution in [2.75, 3.05) is 6.54 Å². The summed E-state index contributed by atoms with van der Waals surface area (Å²) in [6, 6.07) is 7.03. The lowest BCUT2D eigenvalue weighted by atomic mass is 10.2. The van der Waals surface area contributed by atoms with E-state index in [2.05, 4.69) is 26.3 Å². The maximum atomic E-state index is 12.0. The van der Waals surface area contributed by atoms with Gasteiger partial charge in [0, 0.05) is 35.7 Å². The molecule has 19 heavy (non-hydrogen) atoms. The maximum Gasteiger partial charge on any atom is 0.252 e. The van der Waals surface area contributed by atoms with Crippen molar-refractivity contribution in [2.24, 2.45) is 7.05 Å². The average molecular weight is 343 g/mol. The van der Waals surface area contributed by atoms with Crippen LogP contribution in [0.3, 0.4) is 0 Å². The third kappa shape index (κ3) is 3.81. The molecule has 100 valence electrons. The Kier molecular flexibility index (Phi) is 4.61. The van der Waals surface area contributed by atoms with Gasteiger partial charge in [-0.1, -0.05) is 11.6 Å². The van der Waals surface area contributed by atoms with Crippen LogP contribution in [0.5, 0.6) is 0 Å². The van der Waals surface area contributed by atoms with Gasteiger partial charge in [-0.3, -0.25) is 9.48 Å². The lowest BCUT2D eigenvalue weighted by Gasteiger charge is -2.06. The number of nitrogens with one attached hydrogen (secondary N) is 1. The minimum Gasteiger partial charge on any atom is -0.352 e. The summed E-state index contributed by atoms with van der Waals surface area (Å²) in [6.45, 7) is 0.547. The number of aryl methyl sites for hydroxylation is 1. The zero-order valence-corrected chi connectivity index (χ0v) is 12.7. The zero-order valence-electron chi connectivity index (χ0n) is 10.4. The molecule has 0 aliphatic heterocycles. The van der Waals surface area contributed by atoms with Crippen LogP contribution in [-0.2, 0) is 13.5 Å². The van der Waals surface area contributed by atoms with Gasteiger partial charge < -0.3 is 5.32 Å². The fourth-order valence-electron chi connectivity index (χ4n) is 1.67. The van der Waals surface area contributed by atoms with Crippen LogP contribution in [0.1, 0.15) is 16.1 Å². The average Bonchev–Trinajstić information content (AvgIpc) is 2.75. The molecule has 1 aromatic heterocycles. The van der Waals surface area contributed by atoms with Crippen LogP contribution >= 0.6 is 27.5 Å². The molecule has 6 heteroatoms. The van der Waals surface area contributed by atoms with E-state index >= 15 is 0 Å². The van der Waals surface area contributed by atoms with E-state index in [9.17, 15) is 4.79 Å². The molecule has 1 heterocycles. The minimum atomic E-state index is -0.125. The van der Waals surface area contributed by atoms with E-state index in [1.54, 1.807) is 22.9 Å². The molecule has 0 saturated carbocycles. The Balaban J connectivity index is 1.90. The van der Waals surface area contributed by atoms with E-state index in [1.165, 1.54) is 0 Å². The number of hydrogen-bond donors (Lipinski definition) is 1. The number of amides is 1. The Hall–Kier alpha value is -1.33. The highest BCUT2D eigenvalue weighted by molar-refractivity contribution is 9.10. The molecule has 4 nitrogen and oxygen atoms in total. The van der Waals surface area contributed by atoms with Gasteiger partial charge in [-0.15, -0.1) is 0 Å². The number of carbonyl (C=O) groups is 1. The topological polar surface area (TPSA) is 46.9 Å². The van der Waals surface area contributed by atoms with Gasteiger partial charge >= 0.3 is 0 Å². The van der Waals surface area contributed by atoms with E-state index in [4.69, 9.17) is 11.6 Å². The van der Waals surface area contributed by atoms with Crippen LogP contribution < -0.4 is 5.32 Å². The van der Waals surface area contributed by atoms with Crippen molar-refractivity contribution < 1.29 is 4.79 Å². The van der Waals surface area contributed by atoms with Crippen LogP contribution in [0.15, 0.2) is 34.9 Å². The van der Waals surface area contributed by atoms with Gasteiger partial charge in [-0.25, -0.2) is 0 Å². The summed E-state index contributed by atoms with van der Waals surface area (Å²) in [5.74, 6) is -0.125. The van der Waals surface area contributed by atoms with Crippen molar-refractivity contribution in [3.8, 4) is 0 Å². The molecule has 0 fully saturated rings. The van der Waals surface area contributed by atoms with E-state index in [-0.39, 0.29) is 5.91 Å². The summed E-state index contributed by atoms with van der Waals surface area (Å²) in [6.07, 6.45) is 2.59. The Labute approximate surface area is 124 Å². The predicted octanol–water partition coefficient (Wildman–Crippen LogP) is 2.81. The number of aromatic nitrogens is 2. The van der Waals surface area contributed by atoms with Crippen LogP contribution in [0.25, 0.3) is 0 Å². The van der Waals surface area contributed by atoms with Gasteiger partial charge in [0.1, 0.15) is 0 Å². The molecule has 0 saturated heterocycles. The molecule has 0 aliphatic rings. The summed E-state index contributed by atoms with van der Waals surface area (Å²) in [4.78, 5) is 12.0. The fourth-order valence-corrected chi connectivity index (χ4v) is 2.53. The second kappa shape index (κ2) is 6.21. The molecule has 0 radical (unpaired) electrons. The van der Waals surface area contributed by atoms with Crippen molar-refractivity contribution in [3.05, 3.63) is 51.2 Å². The number of nitrogens with zero attached hydrogens (tertiary/aromatic N) is 2. The van der Waals surface area contributed by atoms with Crippen molar-refractivity contribution in [2.45, 2.75) is 6.42 Å². The molecule has 0 unspecified atom stereocenters. The second-order valence-corrected chi connectivity index (χ2v) is 5.40. The summed E-state index contributed by atoms with van der Waals surface area (Å²) in [7, 11) is 1.87. The summed E-state index contributed by atoms with van der Waals surface area (Å²) in [5, 5.41) is 7.70. The highest BCUT2D eigenvalue weighted by Gasteiger charge is 2.09. The summed E-state index contributed by atoms with van der Waals surface area (Å²) < 4.78 is 2.43. The van der Waals surface area contributed by atoms with Gasteiger partial charge in [-0.05, 0) is 40.2 Å². The lowest BCUT2D eigenvalue weighted by Crippen LogP contribution is -2.26. The molecule has 2 rings (SSSR count). The molecular formula is C13H13BrClN3O. The van der Waals surface area contributed by atoms with Gasteiger partial charge in [0.05, 0.1) is 11.3 Å². The number of benzene rings is 1. The first-order valence-electron chi connectivity index (χ1n) is 5.78. The zero-order chi connectivity index (χ0) is 13.8. The molecule has 1 N–H and O–H groups in total. The van der Waals surface area contributed by atoms with Crippen LogP contribution in [0.4, 0.5) is 0 Å². The lowest BCUT2D eigenvalue weighted by molar-refractivity contribution is 0.0953. The van der Waals surface area contributed by atoms with Crippen LogP contribution in [0.2, 0.25) is 5.02 Å². The first-order chi connectivity index (χ1) is 9.06. The number of halogens is 2. The first-order valence-corrected chi connectivity index (χ1v) is 6.95. The first kappa shape index (κ1) is 14.1. The summed E-state index contributed by atoms with van der Waals surface area (Å²) in [5.41, 5.74) is 1.53. The Morgan fingerprint density at radius 1 is 1.47 bits per heavy atom. The van der Waals surface area contributed by atoms with Gasteiger partial charge in [0.2, 0.25) is 0 Å². The fraction of sp³-hybridized carbons (Fsp3) is 0.231. The van der Waals surface area contributed by atoms with E-state index in [0.29, 0.717) is 28.0 Å². The second-order valence-electron chi connectivity index (χ2n) is 4.11. The van der Waals surface area contributed by atoms with Crippen molar-refractivity contribution in [1.29, 1.82) is 0 Å². The predicted molar refractivity (Wildman–Crippen MR) is 78.4 cm³/mol. The van der Waals surface area contributed by atoms with Gasteiger partial charge in [0.15, 0.2) is 0 Å². The van der Waals surface area contributed by atoms with Crippen LogP contribution in [0, 0.1) is 0 Å². The molecule has 0 spiro atoms. The minimum absolute atomic E-state index is 0.125. The van der Waals surface area contributed by atoms with E-state index < -0.39 is 0 Å².